The van der Waals surface area contributed by atoms with Crippen molar-refractivity contribution in [3.05, 3.63) is 48.0 Å². The van der Waals surface area contributed by atoms with Crippen molar-refractivity contribution in [2.45, 2.75) is 25.9 Å². The third-order valence-electron chi connectivity index (χ3n) is 5.44. The zero-order valence-electron chi connectivity index (χ0n) is 19.6. The van der Waals surface area contributed by atoms with Gasteiger partial charge in [-0.1, -0.05) is 19.1 Å². The molecule has 0 fully saturated rings. The van der Waals surface area contributed by atoms with Gasteiger partial charge in [0.2, 0.25) is 28.6 Å². The molecule has 0 spiro atoms. The van der Waals surface area contributed by atoms with Gasteiger partial charge in [0, 0.05) is 19.7 Å². The number of carbonyl (C=O) groups excluding carboxylic acids is 2. The maximum Gasteiger partial charge on any atom is 0.244 e. The van der Waals surface area contributed by atoms with Crippen LogP contribution in [0, 0.1) is 0 Å². The van der Waals surface area contributed by atoms with Gasteiger partial charge in [0.05, 0.1) is 19.1 Å². The van der Waals surface area contributed by atoms with Crippen LogP contribution in [0.2, 0.25) is 0 Å². The van der Waals surface area contributed by atoms with Crippen molar-refractivity contribution < 1.29 is 32.2 Å². The summed E-state index contributed by atoms with van der Waals surface area (Å²) in [5.41, 5.74) is 0.999. The average molecular weight is 492 g/mol. The molecule has 2 aromatic carbocycles. The van der Waals surface area contributed by atoms with Gasteiger partial charge < -0.3 is 24.4 Å². The maximum absolute atomic E-state index is 13.5. The van der Waals surface area contributed by atoms with Gasteiger partial charge >= 0.3 is 0 Å². The SMILES string of the molecule is CCC(C(=O)NC)N(Cc1cccc(OC)c1)C(=O)CN(c1ccc2c(c1)OCO2)S(C)(=O)=O. The first-order valence-corrected chi connectivity index (χ1v) is 12.5. The lowest BCUT2D eigenvalue weighted by molar-refractivity contribution is -0.140. The van der Waals surface area contributed by atoms with Crippen LogP contribution in [0.5, 0.6) is 17.2 Å². The topological polar surface area (TPSA) is 114 Å². The van der Waals surface area contributed by atoms with E-state index in [1.54, 1.807) is 37.3 Å². The van der Waals surface area contributed by atoms with Gasteiger partial charge in [0.1, 0.15) is 18.3 Å². The van der Waals surface area contributed by atoms with Crippen LogP contribution in [0.15, 0.2) is 42.5 Å². The summed E-state index contributed by atoms with van der Waals surface area (Å²) >= 11 is 0. The quantitative estimate of drug-likeness (QED) is 0.538. The van der Waals surface area contributed by atoms with E-state index < -0.39 is 28.5 Å². The molecule has 0 aromatic heterocycles. The van der Waals surface area contributed by atoms with E-state index in [-0.39, 0.29) is 24.9 Å². The Morgan fingerprint density at radius 3 is 2.53 bits per heavy atom. The van der Waals surface area contributed by atoms with E-state index >= 15 is 0 Å². The highest BCUT2D eigenvalue weighted by molar-refractivity contribution is 7.92. The second-order valence-electron chi connectivity index (χ2n) is 7.72. The molecule has 0 saturated heterocycles. The molecule has 11 heteroatoms. The molecule has 0 bridgehead atoms. The Hall–Kier alpha value is -3.47. The molecular weight excluding hydrogens is 462 g/mol. The predicted octanol–water partition coefficient (Wildman–Crippen LogP) is 1.74. The van der Waals surface area contributed by atoms with E-state index in [1.165, 1.54) is 25.1 Å². The highest BCUT2D eigenvalue weighted by atomic mass is 32.2. The van der Waals surface area contributed by atoms with E-state index in [0.717, 1.165) is 16.1 Å². The minimum absolute atomic E-state index is 0.0369. The number of nitrogens with one attached hydrogen (secondary N) is 1. The minimum atomic E-state index is -3.84. The number of fused-ring (bicyclic) bond motifs is 1. The van der Waals surface area contributed by atoms with Crippen LogP contribution >= 0.6 is 0 Å². The molecule has 2 amide bonds. The number of likely N-dealkylation sites (N-methyl/N-ethyl adjacent to an activating group) is 1. The number of amides is 2. The maximum atomic E-state index is 13.5. The number of ether oxygens (including phenoxy) is 3. The molecule has 0 aliphatic carbocycles. The van der Waals surface area contributed by atoms with Crippen LogP contribution in [0.1, 0.15) is 18.9 Å². The number of sulfonamides is 1. The summed E-state index contributed by atoms with van der Waals surface area (Å²) in [7, 11) is -0.804. The number of rotatable bonds is 10. The van der Waals surface area contributed by atoms with Crippen molar-refractivity contribution in [2.75, 3.05) is 38.1 Å². The third kappa shape index (κ3) is 5.71. The summed E-state index contributed by atoms with van der Waals surface area (Å²) in [4.78, 5) is 27.5. The van der Waals surface area contributed by atoms with Crippen LogP contribution in [-0.2, 0) is 26.2 Å². The third-order valence-corrected chi connectivity index (χ3v) is 6.58. The van der Waals surface area contributed by atoms with Crippen LogP contribution in [0.25, 0.3) is 0 Å². The second-order valence-corrected chi connectivity index (χ2v) is 9.63. The smallest absolute Gasteiger partial charge is 0.244 e. The largest absolute Gasteiger partial charge is 0.497 e. The standard InChI is InChI=1S/C23H29N3O7S/c1-5-19(23(28)24-2)25(13-16-7-6-8-18(11-16)31-3)22(27)14-26(34(4,29)30)17-9-10-20-21(12-17)33-15-32-20/h6-12,19H,5,13-15H2,1-4H3,(H,24,28). The summed E-state index contributed by atoms with van der Waals surface area (Å²) in [6, 6.07) is 11.0. The van der Waals surface area contributed by atoms with Gasteiger partial charge in [-0.05, 0) is 36.2 Å². The van der Waals surface area contributed by atoms with E-state index in [0.29, 0.717) is 23.7 Å². The van der Waals surface area contributed by atoms with Crippen molar-refractivity contribution in [2.24, 2.45) is 0 Å². The first kappa shape index (κ1) is 25.2. The molecule has 0 saturated carbocycles. The molecule has 1 aliphatic heterocycles. The first-order chi connectivity index (χ1) is 16.2. The van der Waals surface area contributed by atoms with Gasteiger partial charge in [-0.3, -0.25) is 13.9 Å². The molecule has 3 rings (SSSR count). The Morgan fingerprint density at radius 1 is 1.15 bits per heavy atom. The number of benzene rings is 2. The lowest BCUT2D eigenvalue weighted by atomic mass is 10.1. The Balaban J connectivity index is 1.95. The van der Waals surface area contributed by atoms with Crippen molar-refractivity contribution in [1.29, 1.82) is 0 Å². The number of anilines is 1. The van der Waals surface area contributed by atoms with E-state index in [9.17, 15) is 18.0 Å². The molecule has 0 radical (unpaired) electrons. The summed E-state index contributed by atoms with van der Waals surface area (Å²) < 4.78 is 42.2. The molecular formula is C23H29N3O7S. The summed E-state index contributed by atoms with van der Waals surface area (Å²) in [5.74, 6) is 0.627. The fourth-order valence-electron chi connectivity index (χ4n) is 3.71. The van der Waals surface area contributed by atoms with Crippen LogP contribution in [0.3, 0.4) is 0 Å². The fourth-order valence-corrected chi connectivity index (χ4v) is 4.55. The van der Waals surface area contributed by atoms with E-state index in [1.807, 2.05) is 6.07 Å². The van der Waals surface area contributed by atoms with Crippen LogP contribution in [0.4, 0.5) is 5.69 Å². The molecule has 2 aromatic rings. The van der Waals surface area contributed by atoms with Crippen LogP contribution in [-0.4, -0.2) is 64.9 Å². The normalized spacial score (nSPS) is 13.2. The number of hydrogen-bond acceptors (Lipinski definition) is 7. The molecule has 1 aliphatic rings. The Labute approximate surface area is 199 Å². The van der Waals surface area contributed by atoms with Crippen molar-refractivity contribution >= 4 is 27.5 Å². The predicted molar refractivity (Wildman–Crippen MR) is 126 cm³/mol. The minimum Gasteiger partial charge on any atom is -0.497 e. The summed E-state index contributed by atoms with van der Waals surface area (Å²) in [6.07, 6.45) is 1.37. The lowest BCUT2D eigenvalue weighted by Gasteiger charge is -2.32. The highest BCUT2D eigenvalue weighted by Crippen LogP contribution is 2.36. The highest BCUT2D eigenvalue weighted by Gasteiger charge is 2.32. The molecule has 184 valence electrons. The Morgan fingerprint density at radius 2 is 1.88 bits per heavy atom. The zero-order chi connectivity index (χ0) is 24.9. The van der Waals surface area contributed by atoms with Gasteiger partial charge in [-0.25, -0.2) is 8.42 Å². The number of carbonyl (C=O) groups is 2. The molecule has 34 heavy (non-hydrogen) atoms. The molecule has 1 N–H and O–H groups in total. The van der Waals surface area contributed by atoms with Crippen molar-refractivity contribution in [3.8, 4) is 17.2 Å². The molecule has 1 atom stereocenters. The first-order valence-electron chi connectivity index (χ1n) is 10.7. The zero-order valence-corrected chi connectivity index (χ0v) is 20.4. The fraction of sp³-hybridized carbons (Fsp3) is 0.391. The molecule has 1 heterocycles. The van der Waals surface area contributed by atoms with Gasteiger partial charge in [-0.15, -0.1) is 0 Å². The number of hydrogen-bond donors (Lipinski definition) is 1. The van der Waals surface area contributed by atoms with Crippen LogP contribution < -0.4 is 23.8 Å². The summed E-state index contributed by atoms with van der Waals surface area (Å²) in [6.45, 7) is 1.43. The Kier molecular flexibility index (Phi) is 7.87. The second kappa shape index (κ2) is 10.6. The monoisotopic (exact) mass is 491 g/mol. The Bertz CT molecular complexity index is 1150. The van der Waals surface area contributed by atoms with Crippen molar-refractivity contribution in [3.63, 3.8) is 0 Å². The summed E-state index contributed by atoms with van der Waals surface area (Å²) in [5, 5.41) is 2.58. The van der Waals surface area contributed by atoms with E-state index in [2.05, 4.69) is 5.32 Å². The molecule has 1 unspecified atom stereocenters. The lowest BCUT2D eigenvalue weighted by Crippen LogP contribution is -2.51. The van der Waals surface area contributed by atoms with Gasteiger partial charge in [-0.2, -0.15) is 0 Å². The van der Waals surface area contributed by atoms with Gasteiger partial charge in [0.25, 0.3) is 0 Å². The number of nitrogens with zero attached hydrogens (tertiary/aromatic N) is 2. The average Bonchev–Trinajstić information content (AvgIpc) is 3.29. The van der Waals surface area contributed by atoms with Gasteiger partial charge in [0.15, 0.2) is 11.5 Å². The molecule has 10 nitrogen and oxygen atoms in total. The van der Waals surface area contributed by atoms with E-state index in [4.69, 9.17) is 14.2 Å². The van der Waals surface area contributed by atoms with Crippen molar-refractivity contribution in [1.82, 2.24) is 10.2 Å². The number of methoxy groups -OCH3 is 1.